The topological polar surface area (TPSA) is 16.1 Å². The number of rotatable bonds is 2. The predicted molar refractivity (Wildman–Crippen MR) is 111 cm³/mol. The van der Waals surface area contributed by atoms with Crippen molar-refractivity contribution in [2.45, 2.75) is 0 Å². The quantitative estimate of drug-likeness (QED) is 0.352. The predicted octanol–water partition coefficient (Wildman–Crippen LogP) is 6.31. The molecule has 26 heavy (non-hydrogen) atoms. The SMILES string of the molecule is CN(c1nccc2ccccc12)c1cc2ccccc2c2ccccc12. The number of aromatic nitrogens is 1. The van der Waals surface area contributed by atoms with Crippen LogP contribution in [0.5, 0.6) is 0 Å². The Hall–Kier alpha value is -3.39. The first kappa shape index (κ1) is 14.9. The molecule has 0 radical (unpaired) electrons. The van der Waals surface area contributed by atoms with Crippen LogP contribution in [0.25, 0.3) is 32.3 Å². The van der Waals surface area contributed by atoms with Crippen LogP contribution in [-0.4, -0.2) is 12.0 Å². The van der Waals surface area contributed by atoms with Gasteiger partial charge in [-0.3, -0.25) is 0 Å². The van der Waals surface area contributed by atoms with E-state index in [2.05, 4.69) is 96.9 Å². The molecule has 0 amide bonds. The highest BCUT2D eigenvalue weighted by Crippen LogP contribution is 2.37. The van der Waals surface area contributed by atoms with Gasteiger partial charge in [0.15, 0.2) is 0 Å². The van der Waals surface area contributed by atoms with Gasteiger partial charge in [-0.15, -0.1) is 0 Å². The third kappa shape index (κ3) is 2.23. The lowest BCUT2D eigenvalue weighted by Crippen LogP contribution is -2.12. The molecule has 0 saturated heterocycles. The Morgan fingerprint density at radius 3 is 2.04 bits per heavy atom. The summed E-state index contributed by atoms with van der Waals surface area (Å²) in [7, 11) is 2.10. The number of hydrogen-bond donors (Lipinski definition) is 0. The number of benzene rings is 4. The van der Waals surface area contributed by atoms with Crippen molar-refractivity contribution in [3.63, 3.8) is 0 Å². The van der Waals surface area contributed by atoms with Gasteiger partial charge in [0.2, 0.25) is 0 Å². The molecule has 1 heterocycles. The van der Waals surface area contributed by atoms with Crippen LogP contribution < -0.4 is 4.90 Å². The molecule has 0 atom stereocenters. The second-order valence-corrected chi connectivity index (χ2v) is 6.58. The van der Waals surface area contributed by atoms with E-state index >= 15 is 0 Å². The van der Waals surface area contributed by atoms with Crippen LogP contribution >= 0.6 is 0 Å². The lowest BCUT2D eigenvalue weighted by atomic mass is 9.99. The molecule has 0 aliphatic heterocycles. The van der Waals surface area contributed by atoms with Crippen LogP contribution in [-0.2, 0) is 0 Å². The van der Waals surface area contributed by atoms with Crippen molar-refractivity contribution in [3.8, 4) is 0 Å². The Bertz CT molecular complexity index is 1250. The number of hydrogen-bond acceptors (Lipinski definition) is 2. The van der Waals surface area contributed by atoms with Crippen LogP contribution in [0.4, 0.5) is 11.5 Å². The second-order valence-electron chi connectivity index (χ2n) is 6.58. The normalized spacial score (nSPS) is 11.3. The van der Waals surface area contributed by atoms with Gasteiger partial charge in [-0.05, 0) is 33.7 Å². The van der Waals surface area contributed by atoms with E-state index in [0.717, 1.165) is 11.2 Å². The summed E-state index contributed by atoms with van der Waals surface area (Å²) in [5, 5.41) is 7.40. The van der Waals surface area contributed by atoms with E-state index in [4.69, 9.17) is 4.98 Å². The van der Waals surface area contributed by atoms with Gasteiger partial charge >= 0.3 is 0 Å². The van der Waals surface area contributed by atoms with Gasteiger partial charge in [-0.1, -0.05) is 72.8 Å². The van der Waals surface area contributed by atoms with E-state index in [1.54, 1.807) is 0 Å². The maximum absolute atomic E-state index is 4.70. The van der Waals surface area contributed by atoms with Crippen molar-refractivity contribution in [3.05, 3.63) is 91.1 Å². The molecule has 0 unspecified atom stereocenters. The van der Waals surface area contributed by atoms with Crippen molar-refractivity contribution in [1.82, 2.24) is 4.98 Å². The second kappa shape index (κ2) is 5.85. The zero-order chi connectivity index (χ0) is 17.5. The van der Waals surface area contributed by atoms with Gasteiger partial charge in [-0.25, -0.2) is 4.98 Å². The molecule has 0 fully saturated rings. The Kier molecular flexibility index (Phi) is 3.36. The molecule has 0 spiro atoms. The first-order valence-electron chi connectivity index (χ1n) is 8.81. The highest BCUT2D eigenvalue weighted by molar-refractivity contribution is 6.14. The smallest absolute Gasteiger partial charge is 0.140 e. The van der Waals surface area contributed by atoms with Crippen LogP contribution in [0.15, 0.2) is 91.1 Å². The summed E-state index contributed by atoms with van der Waals surface area (Å²) < 4.78 is 0. The summed E-state index contributed by atoms with van der Waals surface area (Å²) in [6.45, 7) is 0. The highest BCUT2D eigenvalue weighted by Gasteiger charge is 2.14. The van der Waals surface area contributed by atoms with E-state index in [-0.39, 0.29) is 0 Å². The Morgan fingerprint density at radius 2 is 1.23 bits per heavy atom. The number of nitrogens with zero attached hydrogens (tertiary/aromatic N) is 2. The molecule has 2 nitrogen and oxygen atoms in total. The zero-order valence-corrected chi connectivity index (χ0v) is 14.6. The third-order valence-electron chi connectivity index (χ3n) is 5.08. The Balaban J connectivity index is 1.82. The molecule has 0 N–H and O–H groups in total. The maximum atomic E-state index is 4.70. The largest absolute Gasteiger partial charge is 0.328 e. The Morgan fingerprint density at radius 1 is 0.615 bits per heavy atom. The van der Waals surface area contributed by atoms with Crippen molar-refractivity contribution in [2.75, 3.05) is 11.9 Å². The number of pyridine rings is 1. The van der Waals surface area contributed by atoms with E-state index in [1.807, 2.05) is 6.20 Å². The summed E-state index contributed by atoms with van der Waals surface area (Å²) in [5.74, 6) is 0.975. The van der Waals surface area contributed by atoms with Crippen molar-refractivity contribution in [1.29, 1.82) is 0 Å². The van der Waals surface area contributed by atoms with E-state index < -0.39 is 0 Å². The summed E-state index contributed by atoms with van der Waals surface area (Å²) >= 11 is 0. The van der Waals surface area contributed by atoms with Crippen molar-refractivity contribution < 1.29 is 0 Å². The molecule has 0 saturated carbocycles. The summed E-state index contributed by atoms with van der Waals surface area (Å²) in [6.07, 6.45) is 1.89. The molecule has 2 heteroatoms. The van der Waals surface area contributed by atoms with Crippen molar-refractivity contribution in [2.24, 2.45) is 0 Å². The molecule has 5 aromatic rings. The van der Waals surface area contributed by atoms with E-state index in [9.17, 15) is 0 Å². The van der Waals surface area contributed by atoms with E-state index in [1.165, 1.54) is 32.6 Å². The number of anilines is 2. The van der Waals surface area contributed by atoms with Crippen LogP contribution in [0.2, 0.25) is 0 Å². The summed E-state index contributed by atoms with van der Waals surface area (Å²) in [6, 6.07) is 29.9. The van der Waals surface area contributed by atoms with Crippen LogP contribution in [0.3, 0.4) is 0 Å². The minimum Gasteiger partial charge on any atom is -0.328 e. The van der Waals surface area contributed by atoms with Crippen molar-refractivity contribution >= 4 is 43.8 Å². The molecular weight excluding hydrogens is 316 g/mol. The van der Waals surface area contributed by atoms with Crippen LogP contribution in [0.1, 0.15) is 0 Å². The standard InChI is InChI=1S/C24H18N2/c1-26(24-20-11-5-2-8-17(20)14-15-25-24)23-16-18-9-3-4-10-19(18)21-12-6-7-13-22(21)23/h2-16H,1H3. The fourth-order valence-electron chi connectivity index (χ4n) is 3.80. The Labute approximate surface area is 152 Å². The van der Waals surface area contributed by atoms with Gasteiger partial charge in [0.05, 0.1) is 5.69 Å². The van der Waals surface area contributed by atoms with Gasteiger partial charge in [0, 0.05) is 24.0 Å². The lowest BCUT2D eigenvalue weighted by molar-refractivity contribution is 1.15. The first-order chi connectivity index (χ1) is 12.8. The summed E-state index contributed by atoms with van der Waals surface area (Å²) in [5.41, 5.74) is 1.17. The molecule has 0 aliphatic carbocycles. The minimum atomic E-state index is 0.975. The molecular formula is C24H18N2. The van der Waals surface area contributed by atoms with Gasteiger partial charge in [0.1, 0.15) is 5.82 Å². The average molecular weight is 334 g/mol. The van der Waals surface area contributed by atoms with Gasteiger partial charge in [0.25, 0.3) is 0 Å². The molecule has 124 valence electrons. The first-order valence-corrected chi connectivity index (χ1v) is 8.81. The highest BCUT2D eigenvalue weighted by atomic mass is 15.2. The monoisotopic (exact) mass is 334 g/mol. The maximum Gasteiger partial charge on any atom is 0.140 e. The van der Waals surface area contributed by atoms with Gasteiger partial charge < -0.3 is 4.90 Å². The molecule has 5 rings (SSSR count). The average Bonchev–Trinajstić information content (AvgIpc) is 2.72. The fraction of sp³-hybridized carbons (Fsp3) is 0.0417. The summed E-state index contributed by atoms with van der Waals surface area (Å²) in [4.78, 5) is 6.90. The molecule has 0 aliphatic rings. The minimum absolute atomic E-state index is 0.975. The van der Waals surface area contributed by atoms with Crippen LogP contribution in [0, 0.1) is 0 Å². The number of fused-ring (bicyclic) bond motifs is 4. The van der Waals surface area contributed by atoms with Gasteiger partial charge in [-0.2, -0.15) is 0 Å². The molecule has 0 bridgehead atoms. The van der Waals surface area contributed by atoms with E-state index in [0.29, 0.717) is 0 Å². The third-order valence-corrected chi connectivity index (χ3v) is 5.08. The lowest BCUT2D eigenvalue weighted by Gasteiger charge is -2.23. The fourth-order valence-corrected chi connectivity index (χ4v) is 3.80. The molecule has 4 aromatic carbocycles. The molecule has 1 aromatic heterocycles. The zero-order valence-electron chi connectivity index (χ0n) is 14.6.